The van der Waals surface area contributed by atoms with Crippen molar-refractivity contribution in [2.45, 2.75) is 13.8 Å². The van der Waals surface area contributed by atoms with Crippen molar-refractivity contribution in [3.63, 3.8) is 0 Å². The van der Waals surface area contributed by atoms with Gasteiger partial charge in [-0.25, -0.2) is 10.4 Å². The molecule has 5 rings (SSSR count). The van der Waals surface area contributed by atoms with Gasteiger partial charge in [0.15, 0.2) is 0 Å². The lowest BCUT2D eigenvalue weighted by atomic mass is 10.0. The largest absolute Gasteiger partial charge is 0.463 e. The van der Waals surface area contributed by atoms with Crippen LogP contribution in [-0.2, 0) is 0 Å². The van der Waals surface area contributed by atoms with E-state index in [0.29, 0.717) is 32.9 Å². The van der Waals surface area contributed by atoms with Crippen LogP contribution in [0.15, 0.2) is 99.4 Å². The summed E-state index contributed by atoms with van der Waals surface area (Å²) < 4.78 is 5.50. The molecule has 0 atom stereocenters. The highest BCUT2D eigenvalue weighted by Gasteiger charge is 2.13. The molecule has 0 saturated heterocycles. The SMILES string of the molecule is Cc1ccc(-c2cc(C(=O)N/N=C/c3coc4ccc(Cl)cc4c3=O)cc(-c3ccc(C)cc3)n2)cc1. The molecule has 6 nitrogen and oxygen atoms in total. The molecule has 0 aliphatic rings. The third-order valence-electron chi connectivity index (χ3n) is 5.91. The zero-order valence-corrected chi connectivity index (χ0v) is 20.9. The lowest BCUT2D eigenvalue weighted by Gasteiger charge is -2.10. The van der Waals surface area contributed by atoms with Gasteiger partial charge in [-0.1, -0.05) is 71.3 Å². The second-order valence-corrected chi connectivity index (χ2v) is 9.15. The van der Waals surface area contributed by atoms with Crippen LogP contribution in [0.4, 0.5) is 0 Å². The van der Waals surface area contributed by atoms with Crippen molar-refractivity contribution in [1.29, 1.82) is 0 Å². The van der Waals surface area contributed by atoms with Gasteiger partial charge in [-0.15, -0.1) is 0 Å². The van der Waals surface area contributed by atoms with Crippen molar-refractivity contribution in [3.05, 3.63) is 123 Å². The number of carbonyl (C=O) groups excluding carboxylic acids is 1. The van der Waals surface area contributed by atoms with E-state index in [9.17, 15) is 9.59 Å². The van der Waals surface area contributed by atoms with Gasteiger partial charge in [0.05, 0.1) is 28.6 Å². The van der Waals surface area contributed by atoms with E-state index in [2.05, 4.69) is 10.5 Å². The zero-order valence-electron chi connectivity index (χ0n) is 20.2. The molecular formula is C30H22ClN3O3. The minimum Gasteiger partial charge on any atom is -0.463 e. The molecule has 0 saturated carbocycles. The van der Waals surface area contributed by atoms with Gasteiger partial charge >= 0.3 is 0 Å². The summed E-state index contributed by atoms with van der Waals surface area (Å²) in [4.78, 5) is 30.6. The molecule has 0 aliphatic carbocycles. The number of carbonyl (C=O) groups is 1. The number of halogens is 1. The molecule has 5 aromatic rings. The normalized spacial score (nSPS) is 11.2. The van der Waals surface area contributed by atoms with Crippen LogP contribution in [0.1, 0.15) is 27.0 Å². The molecule has 3 aromatic carbocycles. The molecule has 37 heavy (non-hydrogen) atoms. The van der Waals surface area contributed by atoms with Crippen LogP contribution in [0.3, 0.4) is 0 Å². The van der Waals surface area contributed by atoms with Gasteiger partial charge in [-0.2, -0.15) is 5.10 Å². The van der Waals surface area contributed by atoms with E-state index in [0.717, 1.165) is 22.3 Å². The second kappa shape index (κ2) is 10.2. The highest BCUT2D eigenvalue weighted by atomic mass is 35.5. The molecule has 7 heteroatoms. The molecule has 0 aliphatic heterocycles. The highest BCUT2D eigenvalue weighted by Crippen LogP contribution is 2.26. The standard InChI is InChI=1S/C30H22ClN3O3/c1-18-3-7-20(8-4-18)26-13-22(14-27(33-26)21-9-5-19(2)6-10-21)30(36)34-32-16-23-17-37-28-12-11-24(31)15-25(28)29(23)35/h3-17H,1-2H3,(H,34,36)/b32-16+. The zero-order chi connectivity index (χ0) is 25.9. The van der Waals surface area contributed by atoms with Crippen molar-refractivity contribution in [2.24, 2.45) is 5.10 Å². The Morgan fingerprint density at radius 1 is 0.892 bits per heavy atom. The Labute approximate surface area is 218 Å². The molecule has 0 radical (unpaired) electrons. The van der Waals surface area contributed by atoms with Crippen molar-refractivity contribution < 1.29 is 9.21 Å². The number of hydrogen-bond donors (Lipinski definition) is 1. The number of amides is 1. The first-order valence-electron chi connectivity index (χ1n) is 11.6. The number of rotatable bonds is 5. The second-order valence-electron chi connectivity index (χ2n) is 8.72. The molecule has 0 bridgehead atoms. The van der Waals surface area contributed by atoms with Gasteiger partial charge in [0, 0.05) is 21.7 Å². The molecule has 0 fully saturated rings. The Morgan fingerprint density at radius 2 is 1.49 bits per heavy atom. The van der Waals surface area contributed by atoms with Crippen LogP contribution < -0.4 is 10.9 Å². The summed E-state index contributed by atoms with van der Waals surface area (Å²) in [6.45, 7) is 4.03. The van der Waals surface area contributed by atoms with Crippen LogP contribution in [0.25, 0.3) is 33.5 Å². The van der Waals surface area contributed by atoms with E-state index in [1.54, 1.807) is 24.3 Å². The average Bonchev–Trinajstić information content (AvgIpc) is 2.91. The maximum absolute atomic E-state index is 13.1. The third kappa shape index (κ3) is 5.34. The molecule has 0 unspecified atom stereocenters. The molecule has 182 valence electrons. The van der Waals surface area contributed by atoms with Crippen molar-refractivity contribution in [2.75, 3.05) is 0 Å². The number of benzene rings is 3. The Morgan fingerprint density at radius 3 is 2.08 bits per heavy atom. The Balaban J connectivity index is 1.46. The Hall–Kier alpha value is -4.55. The number of pyridine rings is 1. The number of hydrogen-bond acceptors (Lipinski definition) is 5. The van der Waals surface area contributed by atoms with Gasteiger partial charge in [0.25, 0.3) is 5.91 Å². The minimum absolute atomic E-state index is 0.186. The molecule has 0 spiro atoms. The quantitative estimate of drug-likeness (QED) is 0.216. The Kier molecular flexibility index (Phi) is 6.66. The van der Waals surface area contributed by atoms with Crippen molar-refractivity contribution >= 4 is 34.7 Å². The lowest BCUT2D eigenvalue weighted by molar-refractivity contribution is 0.0955. The first-order chi connectivity index (χ1) is 17.9. The summed E-state index contributed by atoms with van der Waals surface area (Å²) in [6.07, 6.45) is 2.55. The summed E-state index contributed by atoms with van der Waals surface area (Å²) in [6, 6.07) is 24.2. The number of hydrazone groups is 1. The average molecular weight is 508 g/mol. The predicted octanol–water partition coefficient (Wildman–Crippen LogP) is 6.56. The first-order valence-corrected chi connectivity index (χ1v) is 12.0. The third-order valence-corrected chi connectivity index (χ3v) is 6.15. The van der Waals surface area contributed by atoms with Gasteiger partial charge in [0.1, 0.15) is 11.8 Å². The van der Waals surface area contributed by atoms with E-state index in [1.165, 1.54) is 18.5 Å². The molecule has 1 amide bonds. The fourth-order valence-corrected chi connectivity index (χ4v) is 4.01. The summed E-state index contributed by atoms with van der Waals surface area (Å²) in [5, 5.41) is 4.76. The van der Waals surface area contributed by atoms with Crippen LogP contribution in [0, 0.1) is 13.8 Å². The smallest absolute Gasteiger partial charge is 0.271 e. The molecular weight excluding hydrogens is 486 g/mol. The van der Waals surface area contributed by atoms with Gasteiger partial charge < -0.3 is 4.42 Å². The number of nitrogens with one attached hydrogen (secondary N) is 1. The summed E-state index contributed by atoms with van der Waals surface area (Å²) in [7, 11) is 0. The predicted molar refractivity (Wildman–Crippen MR) is 147 cm³/mol. The number of fused-ring (bicyclic) bond motifs is 1. The molecule has 1 N–H and O–H groups in total. The first kappa shape index (κ1) is 24.2. The minimum atomic E-state index is -0.436. The van der Waals surface area contributed by atoms with Crippen molar-refractivity contribution in [1.82, 2.24) is 10.4 Å². The van der Waals surface area contributed by atoms with Gasteiger partial charge in [-0.3, -0.25) is 9.59 Å². The fraction of sp³-hybridized carbons (Fsp3) is 0.0667. The number of nitrogens with zero attached hydrogens (tertiary/aromatic N) is 2. The van der Waals surface area contributed by atoms with E-state index in [-0.39, 0.29) is 11.0 Å². The van der Waals surface area contributed by atoms with Crippen LogP contribution >= 0.6 is 11.6 Å². The number of aryl methyl sites for hydroxylation is 2. The monoisotopic (exact) mass is 507 g/mol. The Bertz CT molecular complexity index is 1640. The molecule has 2 heterocycles. The number of aromatic nitrogens is 1. The summed E-state index contributed by atoms with van der Waals surface area (Å²) >= 11 is 6.01. The summed E-state index contributed by atoms with van der Waals surface area (Å²) in [5.41, 5.74) is 8.57. The lowest BCUT2D eigenvalue weighted by Crippen LogP contribution is -2.19. The fourth-order valence-electron chi connectivity index (χ4n) is 3.84. The van der Waals surface area contributed by atoms with Gasteiger partial charge in [0.2, 0.25) is 5.43 Å². The van der Waals surface area contributed by atoms with Crippen LogP contribution in [-0.4, -0.2) is 17.1 Å². The van der Waals surface area contributed by atoms with E-state index in [4.69, 9.17) is 21.0 Å². The van der Waals surface area contributed by atoms with Crippen molar-refractivity contribution in [3.8, 4) is 22.5 Å². The van der Waals surface area contributed by atoms with E-state index < -0.39 is 5.91 Å². The van der Waals surface area contributed by atoms with Crippen LogP contribution in [0.2, 0.25) is 5.02 Å². The maximum Gasteiger partial charge on any atom is 0.271 e. The highest BCUT2D eigenvalue weighted by molar-refractivity contribution is 6.31. The maximum atomic E-state index is 13.1. The van der Waals surface area contributed by atoms with E-state index >= 15 is 0 Å². The molecule has 2 aromatic heterocycles. The van der Waals surface area contributed by atoms with E-state index in [1.807, 2.05) is 62.4 Å². The van der Waals surface area contributed by atoms with Gasteiger partial charge in [-0.05, 0) is 44.2 Å². The summed E-state index contributed by atoms with van der Waals surface area (Å²) in [5.74, 6) is -0.436. The topological polar surface area (TPSA) is 84.6 Å². The van der Waals surface area contributed by atoms with Crippen LogP contribution in [0.5, 0.6) is 0 Å².